The fourth-order valence-electron chi connectivity index (χ4n) is 1.67. The summed E-state index contributed by atoms with van der Waals surface area (Å²) < 4.78 is 5.15. The lowest BCUT2D eigenvalue weighted by atomic mass is 10.2. The van der Waals surface area contributed by atoms with Crippen molar-refractivity contribution in [1.82, 2.24) is 0 Å². The zero-order valence-electron chi connectivity index (χ0n) is 11.3. The lowest BCUT2D eigenvalue weighted by Crippen LogP contribution is -2.07. The molecule has 0 aliphatic carbocycles. The first-order valence-electron chi connectivity index (χ1n) is 6.42. The molecule has 0 heterocycles. The summed E-state index contributed by atoms with van der Waals surface area (Å²) in [5.74, 6) is 0.438. The van der Waals surface area contributed by atoms with Crippen molar-refractivity contribution in [3.05, 3.63) is 66.2 Å². The Morgan fingerprint density at radius 2 is 1.86 bits per heavy atom. The van der Waals surface area contributed by atoms with Gasteiger partial charge in [-0.1, -0.05) is 30.3 Å². The Balaban J connectivity index is 1.91. The molecule has 1 amide bonds. The molecular formula is C17H14N2O2. The van der Waals surface area contributed by atoms with E-state index in [1.165, 1.54) is 6.08 Å². The molecule has 2 rings (SSSR count). The molecule has 0 saturated heterocycles. The number of nitriles is 1. The number of nitrogens with zero attached hydrogens (tertiary/aromatic N) is 1. The third kappa shape index (κ3) is 4.84. The Bertz CT molecular complexity index is 655. The monoisotopic (exact) mass is 278 g/mol. The maximum absolute atomic E-state index is 11.7. The van der Waals surface area contributed by atoms with Crippen molar-refractivity contribution in [2.75, 3.05) is 11.9 Å². The number of carbonyl (C=O) groups is 1. The van der Waals surface area contributed by atoms with Crippen LogP contribution in [0.2, 0.25) is 0 Å². The molecule has 0 saturated carbocycles. The third-order valence-corrected chi connectivity index (χ3v) is 2.65. The Labute approximate surface area is 123 Å². The molecule has 4 nitrogen and oxygen atoms in total. The van der Waals surface area contributed by atoms with Crippen molar-refractivity contribution >= 4 is 17.7 Å². The molecule has 0 atom stereocenters. The maximum atomic E-state index is 11.7. The van der Waals surface area contributed by atoms with Crippen LogP contribution in [-0.2, 0) is 4.79 Å². The molecular weight excluding hydrogens is 264 g/mol. The minimum Gasteiger partial charge on any atom is -0.479 e. The Kier molecular flexibility index (Phi) is 5.13. The largest absolute Gasteiger partial charge is 0.479 e. The second-order valence-electron chi connectivity index (χ2n) is 4.20. The van der Waals surface area contributed by atoms with Gasteiger partial charge in [-0.25, -0.2) is 0 Å². The van der Waals surface area contributed by atoms with Gasteiger partial charge in [-0.05, 0) is 35.9 Å². The smallest absolute Gasteiger partial charge is 0.248 e. The van der Waals surface area contributed by atoms with E-state index < -0.39 is 0 Å². The first-order valence-corrected chi connectivity index (χ1v) is 6.42. The van der Waals surface area contributed by atoms with Gasteiger partial charge < -0.3 is 10.1 Å². The Morgan fingerprint density at radius 1 is 1.14 bits per heavy atom. The summed E-state index contributed by atoms with van der Waals surface area (Å²) in [6.45, 7) is 0.0225. The number of hydrogen-bond acceptors (Lipinski definition) is 3. The van der Waals surface area contributed by atoms with Crippen molar-refractivity contribution in [2.45, 2.75) is 0 Å². The van der Waals surface area contributed by atoms with Crippen molar-refractivity contribution in [3.8, 4) is 11.8 Å². The first-order chi connectivity index (χ1) is 10.3. The van der Waals surface area contributed by atoms with Crippen LogP contribution in [0.4, 0.5) is 5.69 Å². The van der Waals surface area contributed by atoms with E-state index in [-0.39, 0.29) is 12.5 Å². The number of anilines is 1. The summed E-state index contributed by atoms with van der Waals surface area (Å²) in [5, 5.41) is 11.2. The zero-order valence-corrected chi connectivity index (χ0v) is 11.3. The molecule has 21 heavy (non-hydrogen) atoms. The summed E-state index contributed by atoms with van der Waals surface area (Å²) in [4.78, 5) is 11.7. The number of rotatable bonds is 5. The van der Waals surface area contributed by atoms with E-state index in [2.05, 4.69) is 5.32 Å². The van der Waals surface area contributed by atoms with Crippen molar-refractivity contribution in [2.24, 2.45) is 0 Å². The lowest BCUT2D eigenvalue weighted by Gasteiger charge is -2.02. The number of nitrogens with one attached hydrogen (secondary N) is 1. The summed E-state index contributed by atoms with van der Waals surface area (Å²) in [6.07, 6.45) is 3.19. The predicted molar refractivity (Wildman–Crippen MR) is 81.7 cm³/mol. The van der Waals surface area contributed by atoms with E-state index in [4.69, 9.17) is 10.00 Å². The summed E-state index contributed by atoms with van der Waals surface area (Å²) in [6, 6.07) is 18.3. The highest BCUT2D eigenvalue weighted by molar-refractivity contribution is 6.01. The molecule has 1 N–H and O–H groups in total. The second-order valence-corrected chi connectivity index (χ2v) is 4.20. The second kappa shape index (κ2) is 7.51. The Hall–Kier alpha value is -3.06. The van der Waals surface area contributed by atoms with Gasteiger partial charge in [0.25, 0.3) is 0 Å². The number of para-hydroxylation sites is 1. The van der Waals surface area contributed by atoms with Gasteiger partial charge >= 0.3 is 0 Å². The summed E-state index contributed by atoms with van der Waals surface area (Å²) >= 11 is 0. The SMILES string of the molecule is N#CCOc1ccc(/C=C/C(=O)Nc2ccccc2)cc1. The van der Waals surface area contributed by atoms with Crippen molar-refractivity contribution < 1.29 is 9.53 Å². The van der Waals surface area contributed by atoms with Crippen molar-refractivity contribution in [3.63, 3.8) is 0 Å². The number of ether oxygens (including phenoxy) is 1. The van der Waals surface area contributed by atoms with E-state index >= 15 is 0 Å². The average molecular weight is 278 g/mol. The van der Waals surface area contributed by atoms with Crippen LogP contribution in [0, 0.1) is 11.3 Å². The van der Waals surface area contributed by atoms with Gasteiger partial charge in [0, 0.05) is 11.8 Å². The highest BCUT2D eigenvalue weighted by Gasteiger charge is 1.97. The third-order valence-electron chi connectivity index (χ3n) is 2.65. The molecule has 2 aromatic rings. The Morgan fingerprint density at radius 3 is 2.52 bits per heavy atom. The van der Waals surface area contributed by atoms with Crippen LogP contribution in [0.1, 0.15) is 5.56 Å². The highest BCUT2D eigenvalue weighted by atomic mass is 16.5. The molecule has 0 spiro atoms. The predicted octanol–water partition coefficient (Wildman–Crippen LogP) is 3.24. The molecule has 0 bridgehead atoms. The normalized spacial score (nSPS) is 10.0. The van der Waals surface area contributed by atoms with Gasteiger partial charge in [0.05, 0.1) is 0 Å². The van der Waals surface area contributed by atoms with Crippen LogP contribution < -0.4 is 10.1 Å². The van der Waals surface area contributed by atoms with E-state index in [0.717, 1.165) is 11.3 Å². The lowest BCUT2D eigenvalue weighted by molar-refractivity contribution is -0.111. The molecule has 0 fully saturated rings. The minimum absolute atomic E-state index is 0.0225. The van der Waals surface area contributed by atoms with E-state index in [1.807, 2.05) is 48.5 Å². The van der Waals surface area contributed by atoms with Crippen LogP contribution in [0.5, 0.6) is 5.75 Å². The van der Waals surface area contributed by atoms with Crippen LogP contribution in [-0.4, -0.2) is 12.5 Å². The molecule has 4 heteroatoms. The van der Waals surface area contributed by atoms with E-state index in [0.29, 0.717) is 5.75 Å². The minimum atomic E-state index is -0.189. The molecule has 0 aliphatic heterocycles. The number of carbonyl (C=O) groups excluding carboxylic acids is 1. The fraction of sp³-hybridized carbons (Fsp3) is 0.0588. The van der Waals surface area contributed by atoms with Gasteiger partial charge in [-0.3, -0.25) is 4.79 Å². The molecule has 104 valence electrons. The number of benzene rings is 2. The van der Waals surface area contributed by atoms with Crippen molar-refractivity contribution in [1.29, 1.82) is 5.26 Å². The molecule has 0 radical (unpaired) electrons. The molecule has 0 aliphatic rings. The highest BCUT2D eigenvalue weighted by Crippen LogP contribution is 2.13. The quantitative estimate of drug-likeness (QED) is 0.854. The fourth-order valence-corrected chi connectivity index (χ4v) is 1.67. The number of amides is 1. The summed E-state index contributed by atoms with van der Waals surface area (Å²) in [5.41, 5.74) is 1.63. The van der Waals surface area contributed by atoms with Crippen LogP contribution in [0.25, 0.3) is 6.08 Å². The average Bonchev–Trinajstić information content (AvgIpc) is 2.53. The summed E-state index contributed by atoms with van der Waals surface area (Å²) in [7, 11) is 0. The van der Waals surface area contributed by atoms with Crippen LogP contribution in [0.3, 0.4) is 0 Å². The number of hydrogen-bond donors (Lipinski definition) is 1. The van der Waals surface area contributed by atoms with E-state index in [1.54, 1.807) is 18.2 Å². The van der Waals surface area contributed by atoms with Gasteiger partial charge in [0.1, 0.15) is 11.8 Å². The van der Waals surface area contributed by atoms with Gasteiger partial charge in [0.15, 0.2) is 6.61 Å². The van der Waals surface area contributed by atoms with Crippen LogP contribution >= 0.6 is 0 Å². The van der Waals surface area contributed by atoms with Crippen LogP contribution in [0.15, 0.2) is 60.7 Å². The van der Waals surface area contributed by atoms with Gasteiger partial charge in [0.2, 0.25) is 5.91 Å². The molecule has 0 aromatic heterocycles. The van der Waals surface area contributed by atoms with Gasteiger partial charge in [-0.15, -0.1) is 0 Å². The zero-order chi connectivity index (χ0) is 14.9. The standard InChI is InChI=1S/C17H14N2O2/c18-12-13-21-16-9-6-14(7-10-16)8-11-17(20)19-15-4-2-1-3-5-15/h1-11H,13H2,(H,19,20)/b11-8+. The van der Waals surface area contributed by atoms with Gasteiger partial charge in [-0.2, -0.15) is 5.26 Å². The first kappa shape index (κ1) is 14.4. The van der Waals surface area contributed by atoms with E-state index in [9.17, 15) is 4.79 Å². The topological polar surface area (TPSA) is 62.1 Å². The molecule has 2 aromatic carbocycles. The molecule has 0 unspecified atom stereocenters. The maximum Gasteiger partial charge on any atom is 0.248 e.